The number of fused-ring (bicyclic) bond motifs is 1. The zero-order valence-electron chi connectivity index (χ0n) is 15.1. The number of aromatic nitrogens is 1. The number of amides is 2. The summed E-state index contributed by atoms with van der Waals surface area (Å²) in [6.45, 7) is 1.07. The molecular weight excluding hydrogens is 346 g/mol. The Morgan fingerprint density at radius 2 is 1.78 bits per heavy atom. The van der Waals surface area contributed by atoms with Gasteiger partial charge in [0.15, 0.2) is 11.5 Å². The summed E-state index contributed by atoms with van der Waals surface area (Å²) < 4.78 is 16.5. The number of nitrogens with zero attached hydrogens (tertiary/aromatic N) is 1. The van der Waals surface area contributed by atoms with Gasteiger partial charge in [-0.15, -0.1) is 0 Å². The minimum atomic E-state index is -0.234. The van der Waals surface area contributed by atoms with Gasteiger partial charge in [0.05, 0.1) is 0 Å². The van der Waals surface area contributed by atoms with E-state index in [4.69, 9.17) is 14.2 Å². The van der Waals surface area contributed by atoms with Crippen LogP contribution in [0, 0.1) is 0 Å². The first-order valence-electron chi connectivity index (χ1n) is 9.28. The van der Waals surface area contributed by atoms with Crippen molar-refractivity contribution < 1.29 is 19.0 Å². The second-order valence-corrected chi connectivity index (χ2v) is 6.75. The summed E-state index contributed by atoms with van der Waals surface area (Å²) in [7, 11) is 0. The Balaban J connectivity index is 1.24. The molecule has 2 aromatic rings. The first-order chi connectivity index (χ1) is 13.3. The Morgan fingerprint density at radius 1 is 1.04 bits per heavy atom. The number of rotatable bonds is 6. The topological polar surface area (TPSA) is 81.7 Å². The first-order valence-corrected chi connectivity index (χ1v) is 9.28. The van der Waals surface area contributed by atoms with Crippen LogP contribution < -0.4 is 24.8 Å². The predicted octanol–water partition coefficient (Wildman–Crippen LogP) is 3.13. The molecule has 1 fully saturated rings. The summed E-state index contributed by atoms with van der Waals surface area (Å²) in [6.07, 6.45) is 6.60. The fraction of sp³-hybridized carbons (Fsp3) is 0.400. The number of hydrogen-bond donors (Lipinski definition) is 2. The largest absolute Gasteiger partial charge is 0.474 e. The van der Waals surface area contributed by atoms with E-state index in [-0.39, 0.29) is 18.9 Å². The highest BCUT2D eigenvalue weighted by Crippen LogP contribution is 2.32. The van der Waals surface area contributed by atoms with E-state index in [2.05, 4.69) is 15.6 Å². The van der Waals surface area contributed by atoms with Gasteiger partial charge >= 0.3 is 6.03 Å². The Hall–Kier alpha value is -2.96. The summed E-state index contributed by atoms with van der Waals surface area (Å²) in [5, 5.41) is 5.69. The van der Waals surface area contributed by atoms with Crippen LogP contribution in [0.5, 0.6) is 17.4 Å². The van der Waals surface area contributed by atoms with Crippen LogP contribution in [0.25, 0.3) is 0 Å². The summed E-state index contributed by atoms with van der Waals surface area (Å²) >= 11 is 0. The molecule has 1 aliphatic carbocycles. The summed E-state index contributed by atoms with van der Waals surface area (Å²) in [4.78, 5) is 16.3. The Morgan fingerprint density at radius 3 is 2.59 bits per heavy atom. The number of nitrogens with one attached hydrogen (secondary N) is 2. The molecule has 4 rings (SSSR count). The number of benzene rings is 1. The molecular formula is C20H23N3O4. The summed E-state index contributed by atoms with van der Waals surface area (Å²) in [5.41, 5.74) is 1.90. The van der Waals surface area contributed by atoms with E-state index in [9.17, 15) is 4.79 Å². The lowest BCUT2D eigenvalue weighted by atomic mass is 10.2. The number of carbonyl (C=O) groups is 1. The molecule has 7 heteroatoms. The number of hydrogen-bond acceptors (Lipinski definition) is 5. The van der Waals surface area contributed by atoms with Crippen molar-refractivity contribution in [2.45, 2.75) is 44.9 Å². The smallest absolute Gasteiger partial charge is 0.315 e. The number of pyridine rings is 1. The van der Waals surface area contributed by atoms with Crippen molar-refractivity contribution in [3.63, 3.8) is 0 Å². The third-order valence-corrected chi connectivity index (χ3v) is 4.73. The molecule has 1 aliphatic heterocycles. The lowest BCUT2D eigenvalue weighted by molar-refractivity contribution is 0.174. The van der Waals surface area contributed by atoms with Crippen LogP contribution >= 0.6 is 0 Å². The van der Waals surface area contributed by atoms with Crippen molar-refractivity contribution in [1.29, 1.82) is 0 Å². The van der Waals surface area contributed by atoms with Crippen LogP contribution in [-0.2, 0) is 13.1 Å². The normalized spacial score (nSPS) is 15.6. The van der Waals surface area contributed by atoms with Gasteiger partial charge in [-0.2, -0.15) is 0 Å². The molecule has 1 aromatic heterocycles. The number of ether oxygens (including phenoxy) is 3. The average Bonchev–Trinajstić information content (AvgIpc) is 3.36. The molecule has 0 bridgehead atoms. The first kappa shape index (κ1) is 17.5. The maximum atomic E-state index is 12.1. The molecule has 0 spiro atoms. The van der Waals surface area contributed by atoms with Crippen molar-refractivity contribution in [2.75, 3.05) is 6.79 Å². The van der Waals surface area contributed by atoms with Gasteiger partial charge in [-0.25, -0.2) is 9.78 Å². The van der Waals surface area contributed by atoms with Crippen molar-refractivity contribution >= 4 is 6.03 Å². The van der Waals surface area contributed by atoms with E-state index in [0.29, 0.717) is 24.7 Å². The molecule has 2 amide bonds. The molecule has 27 heavy (non-hydrogen) atoms. The molecule has 0 radical (unpaired) electrons. The second-order valence-electron chi connectivity index (χ2n) is 6.75. The third-order valence-electron chi connectivity index (χ3n) is 4.73. The van der Waals surface area contributed by atoms with Crippen molar-refractivity contribution in [3.05, 3.63) is 47.7 Å². The zero-order valence-corrected chi connectivity index (χ0v) is 15.1. The van der Waals surface area contributed by atoms with Gasteiger partial charge in [0.2, 0.25) is 12.7 Å². The lowest BCUT2D eigenvalue weighted by Crippen LogP contribution is -2.34. The fourth-order valence-corrected chi connectivity index (χ4v) is 3.28. The van der Waals surface area contributed by atoms with Crippen LogP contribution in [0.3, 0.4) is 0 Å². The SMILES string of the molecule is O=C(NCc1ccnc(OC2CCCC2)c1)NCc1ccc2c(c1)OCO2. The molecule has 1 saturated carbocycles. The van der Waals surface area contributed by atoms with Gasteiger partial charge in [-0.05, 0) is 55.0 Å². The molecule has 2 N–H and O–H groups in total. The van der Waals surface area contributed by atoms with E-state index in [1.165, 1.54) is 12.8 Å². The Bertz CT molecular complexity index is 806. The Labute approximate surface area is 158 Å². The van der Waals surface area contributed by atoms with E-state index in [0.717, 1.165) is 29.7 Å². The highest BCUT2D eigenvalue weighted by atomic mass is 16.7. The fourth-order valence-electron chi connectivity index (χ4n) is 3.28. The standard InChI is InChI=1S/C20H23N3O4/c24-20(22-11-14-5-6-17-18(9-14)26-13-25-17)23-12-15-7-8-21-19(10-15)27-16-3-1-2-4-16/h5-10,16H,1-4,11-13H2,(H2,22,23,24). The molecule has 142 valence electrons. The van der Waals surface area contributed by atoms with Crippen molar-refractivity contribution in [2.24, 2.45) is 0 Å². The number of carbonyl (C=O) groups excluding carboxylic acids is 1. The van der Waals surface area contributed by atoms with Gasteiger partial charge in [-0.3, -0.25) is 0 Å². The van der Waals surface area contributed by atoms with Crippen LogP contribution in [0.15, 0.2) is 36.5 Å². The molecule has 0 atom stereocenters. The average molecular weight is 369 g/mol. The van der Waals surface area contributed by atoms with Gasteiger partial charge in [0, 0.05) is 25.4 Å². The van der Waals surface area contributed by atoms with E-state index in [1.54, 1.807) is 6.20 Å². The van der Waals surface area contributed by atoms with Gasteiger partial charge in [0.1, 0.15) is 6.10 Å². The maximum absolute atomic E-state index is 12.1. The van der Waals surface area contributed by atoms with Crippen molar-refractivity contribution in [3.8, 4) is 17.4 Å². The van der Waals surface area contributed by atoms with Crippen LogP contribution in [0.1, 0.15) is 36.8 Å². The van der Waals surface area contributed by atoms with Gasteiger partial charge in [0.25, 0.3) is 0 Å². The van der Waals surface area contributed by atoms with E-state index >= 15 is 0 Å². The summed E-state index contributed by atoms with van der Waals surface area (Å²) in [5.74, 6) is 2.07. The predicted molar refractivity (Wildman–Crippen MR) is 98.8 cm³/mol. The molecule has 1 aromatic carbocycles. The van der Waals surface area contributed by atoms with Crippen LogP contribution in [-0.4, -0.2) is 23.9 Å². The second kappa shape index (κ2) is 8.16. The third kappa shape index (κ3) is 4.61. The van der Waals surface area contributed by atoms with Crippen LogP contribution in [0.4, 0.5) is 4.79 Å². The molecule has 2 heterocycles. The lowest BCUT2D eigenvalue weighted by Gasteiger charge is -2.13. The molecule has 2 aliphatic rings. The minimum Gasteiger partial charge on any atom is -0.474 e. The van der Waals surface area contributed by atoms with Crippen molar-refractivity contribution in [1.82, 2.24) is 15.6 Å². The highest BCUT2D eigenvalue weighted by molar-refractivity contribution is 5.73. The zero-order chi connectivity index (χ0) is 18.5. The molecule has 7 nitrogen and oxygen atoms in total. The van der Waals surface area contributed by atoms with Crippen LogP contribution in [0.2, 0.25) is 0 Å². The van der Waals surface area contributed by atoms with Gasteiger partial charge in [-0.1, -0.05) is 6.07 Å². The van der Waals surface area contributed by atoms with Gasteiger partial charge < -0.3 is 24.8 Å². The quantitative estimate of drug-likeness (QED) is 0.818. The maximum Gasteiger partial charge on any atom is 0.315 e. The number of urea groups is 1. The monoisotopic (exact) mass is 369 g/mol. The summed E-state index contributed by atoms with van der Waals surface area (Å²) in [6, 6.07) is 9.15. The Kier molecular flexibility index (Phi) is 5.27. The highest BCUT2D eigenvalue weighted by Gasteiger charge is 2.17. The minimum absolute atomic E-state index is 0.234. The van der Waals surface area contributed by atoms with E-state index in [1.807, 2.05) is 30.3 Å². The molecule has 0 saturated heterocycles. The van der Waals surface area contributed by atoms with E-state index < -0.39 is 0 Å². The molecule has 0 unspecified atom stereocenters.